The molecule has 62 valence electrons. The van der Waals surface area contributed by atoms with Crippen LogP contribution in [-0.4, -0.2) is 22.8 Å². The molecule has 2 N–H and O–H groups in total. The van der Waals surface area contributed by atoms with Crippen molar-refractivity contribution in [3.63, 3.8) is 0 Å². The normalized spacial score (nSPS) is 32.4. The second kappa shape index (κ2) is 5.65. The molecule has 0 saturated carbocycles. The Morgan fingerprint density at radius 3 is 1.70 bits per heavy atom. The van der Waals surface area contributed by atoms with Crippen molar-refractivity contribution < 1.29 is 14.9 Å². The van der Waals surface area contributed by atoms with Crippen molar-refractivity contribution in [1.82, 2.24) is 0 Å². The fraction of sp³-hybridized carbons (Fsp3) is 1.00. The summed E-state index contributed by atoms with van der Waals surface area (Å²) in [6.07, 6.45) is 0.675. The van der Waals surface area contributed by atoms with Crippen LogP contribution in [-0.2, 0) is 4.74 Å². The van der Waals surface area contributed by atoms with Crippen LogP contribution in [0.5, 0.6) is 0 Å². The molecular weight excluding hydrogens is 132 g/mol. The van der Waals surface area contributed by atoms with Gasteiger partial charge < -0.3 is 14.9 Å². The molecule has 0 spiro atoms. The molecular formula is C7H16O3. The molecule has 1 aliphatic rings. The molecule has 0 aromatic carbocycles. The molecule has 0 aromatic rings. The third kappa shape index (κ3) is 3.82. The van der Waals surface area contributed by atoms with Crippen LogP contribution < -0.4 is 0 Å². The van der Waals surface area contributed by atoms with Gasteiger partial charge in [-0.2, -0.15) is 0 Å². The van der Waals surface area contributed by atoms with Crippen molar-refractivity contribution in [3.8, 4) is 0 Å². The van der Waals surface area contributed by atoms with Crippen LogP contribution in [0.2, 0.25) is 0 Å². The van der Waals surface area contributed by atoms with E-state index in [0.29, 0.717) is 12.8 Å². The van der Waals surface area contributed by atoms with Crippen LogP contribution in [0.25, 0.3) is 0 Å². The van der Waals surface area contributed by atoms with Gasteiger partial charge in [-0.1, -0.05) is 13.8 Å². The third-order valence-electron chi connectivity index (χ3n) is 1.22. The average Bonchev–Trinajstić information content (AvgIpc) is 1.91. The number of aliphatic hydroxyl groups is 2. The summed E-state index contributed by atoms with van der Waals surface area (Å²) in [5.74, 6) is 0. The molecule has 2 unspecified atom stereocenters. The summed E-state index contributed by atoms with van der Waals surface area (Å²) in [6.45, 7) is 4.00. The molecule has 3 nitrogen and oxygen atoms in total. The van der Waals surface area contributed by atoms with Gasteiger partial charge in [-0.05, 0) is 19.3 Å². The van der Waals surface area contributed by atoms with Crippen molar-refractivity contribution in [2.24, 2.45) is 0 Å². The van der Waals surface area contributed by atoms with Gasteiger partial charge in [-0.15, -0.1) is 0 Å². The molecule has 10 heavy (non-hydrogen) atoms. The predicted octanol–water partition coefficient (Wildman–Crippen LogP) is 0.850. The van der Waals surface area contributed by atoms with E-state index in [1.807, 2.05) is 13.8 Å². The van der Waals surface area contributed by atoms with Crippen LogP contribution in [0.1, 0.15) is 33.1 Å². The second-order valence-corrected chi connectivity index (χ2v) is 1.98. The molecule has 0 bridgehead atoms. The first kappa shape index (κ1) is 9.88. The Balaban J connectivity index is 0.000000371. The molecule has 2 atom stereocenters. The highest BCUT2D eigenvalue weighted by molar-refractivity contribution is 4.54. The van der Waals surface area contributed by atoms with E-state index in [1.165, 1.54) is 0 Å². The molecule has 0 amide bonds. The molecule has 0 radical (unpaired) electrons. The van der Waals surface area contributed by atoms with Gasteiger partial charge >= 0.3 is 0 Å². The summed E-state index contributed by atoms with van der Waals surface area (Å²) in [7, 11) is 0. The summed E-state index contributed by atoms with van der Waals surface area (Å²) in [5, 5.41) is 17.4. The smallest absolute Gasteiger partial charge is 0.157 e. The highest BCUT2D eigenvalue weighted by atomic mass is 16.7. The Hall–Kier alpha value is -0.120. The largest absolute Gasteiger partial charge is 0.368 e. The number of ether oxygens (including phenoxy) is 1. The molecule has 3 heteroatoms. The van der Waals surface area contributed by atoms with E-state index < -0.39 is 12.6 Å². The average molecular weight is 148 g/mol. The van der Waals surface area contributed by atoms with Gasteiger partial charge in [0.05, 0.1) is 0 Å². The van der Waals surface area contributed by atoms with Gasteiger partial charge in [-0.3, -0.25) is 0 Å². The van der Waals surface area contributed by atoms with Crippen LogP contribution in [0.4, 0.5) is 0 Å². The Bertz CT molecular complexity index is 67.3. The zero-order chi connectivity index (χ0) is 7.98. The lowest BCUT2D eigenvalue weighted by Crippen LogP contribution is -2.26. The van der Waals surface area contributed by atoms with Gasteiger partial charge in [0.1, 0.15) is 0 Å². The predicted molar refractivity (Wildman–Crippen MR) is 38.3 cm³/mol. The Morgan fingerprint density at radius 1 is 1.10 bits per heavy atom. The summed E-state index contributed by atoms with van der Waals surface area (Å²) in [6, 6.07) is 0. The second-order valence-electron chi connectivity index (χ2n) is 1.98. The van der Waals surface area contributed by atoms with Crippen molar-refractivity contribution in [1.29, 1.82) is 0 Å². The SMILES string of the molecule is CC.OC1CCCC(O)O1. The molecule has 1 rings (SSSR count). The fourth-order valence-electron chi connectivity index (χ4n) is 0.784. The first-order valence-corrected chi connectivity index (χ1v) is 3.80. The van der Waals surface area contributed by atoms with E-state index in [0.717, 1.165) is 6.42 Å². The quantitative estimate of drug-likeness (QED) is 0.535. The Labute approximate surface area is 61.6 Å². The maximum absolute atomic E-state index is 8.70. The molecule has 1 heterocycles. The molecule has 0 aliphatic carbocycles. The lowest BCUT2D eigenvalue weighted by atomic mass is 10.2. The first-order chi connectivity index (χ1) is 4.79. The number of rotatable bonds is 0. The minimum Gasteiger partial charge on any atom is -0.368 e. The van der Waals surface area contributed by atoms with E-state index in [4.69, 9.17) is 10.2 Å². The van der Waals surface area contributed by atoms with Crippen molar-refractivity contribution >= 4 is 0 Å². The van der Waals surface area contributed by atoms with Crippen LogP contribution in [0.15, 0.2) is 0 Å². The maximum atomic E-state index is 8.70. The maximum Gasteiger partial charge on any atom is 0.157 e. The van der Waals surface area contributed by atoms with Gasteiger partial charge in [0.2, 0.25) is 0 Å². The van der Waals surface area contributed by atoms with Crippen LogP contribution in [0.3, 0.4) is 0 Å². The van der Waals surface area contributed by atoms with E-state index in [-0.39, 0.29) is 0 Å². The minimum absolute atomic E-state index is 0.650. The van der Waals surface area contributed by atoms with Crippen LogP contribution >= 0.6 is 0 Å². The summed E-state index contributed by atoms with van der Waals surface area (Å²) >= 11 is 0. The van der Waals surface area contributed by atoms with Crippen LogP contribution in [0, 0.1) is 0 Å². The lowest BCUT2D eigenvalue weighted by Gasteiger charge is -2.21. The zero-order valence-electron chi connectivity index (χ0n) is 6.58. The van der Waals surface area contributed by atoms with Gasteiger partial charge in [-0.25, -0.2) is 0 Å². The Morgan fingerprint density at radius 2 is 1.50 bits per heavy atom. The lowest BCUT2D eigenvalue weighted by molar-refractivity contribution is -0.231. The monoisotopic (exact) mass is 148 g/mol. The van der Waals surface area contributed by atoms with Gasteiger partial charge in [0, 0.05) is 0 Å². The van der Waals surface area contributed by atoms with E-state index in [1.54, 1.807) is 0 Å². The van der Waals surface area contributed by atoms with E-state index >= 15 is 0 Å². The minimum atomic E-state index is -0.737. The van der Waals surface area contributed by atoms with Crippen molar-refractivity contribution in [3.05, 3.63) is 0 Å². The van der Waals surface area contributed by atoms with Gasteiger partial charge in [0.25, 0.3) is 0 Å². The third-order valence-corrected chi connectivity index (χ3v) is 1.22. The van der Waals surface area contributed by atoms with Crippen molar-refractivity contribution in [2.75, 3.05) is 0 Å². The summed E-state index contributed by atoms with van der Waals surface area (Å²) < 4.78 is 4.60. The number of hydrogen-bond acceptors (Lipinski definition) is 3. The summed E-state index contributed by atoms with van der Waals surface area (Å²) in [5.41, 5.74) is 0. The fourth-order valence-corrected chi connectivity index (χ4v) is 0.784. The highest BCUT2D eigenvalue weighted by Gasteiger charge is 2.16. The molecule has 0 aromatic heterocycles. The Kier molecular flexibility index (Phi) is 5.58. The highest BCUT2D eigenvalue weighted by Crippen LogP contribution is 2.14. The van der Waals surface area contributed by atoms with E-state index in [2.05, 4.69) is 4.74 Å². The molecule has 1 fully saturated rings. The van der Waals surface area contributed by atoms with Gasteiger partial charge in [0.15, 0.2) is 12.6 Å². The standard InChI is InChI=1S/C5H10O3.C2H6/c6-4-2-1-3-5(7)8-4;1-2/h4-7H,1-3H2;1-2H3. The molecule has 1 saturated heterocycles. The topological polar surface area (TPSA) is 49.7 Å². The first-order valence-electron chi connectivity index (χ1n) is 3.80. The van der Waals surface area contributed by atoms with Crippen molar-refractivity contribution in [2.45, 2.75) is 45.7 Å². The summed E-state index contributed by atoms with van der Waals surface area (Å²) in [4.78, 5) is 0. The number of hydrogen-bond donors (Lipinski definition) is 2. The number of aliphatic hydroxyl groups excluding tert-OH is 2. The van der Waals surface area contributed by atoms with E-state index in [9.17, 15) is 0 Å². The zero-order valence-corrected chi connectivity index (χ0v) is 6.58. The molecule has 1 aliphatic heterocycles.